The summed E-state index contributed by atoms with van der Waals surface area (Å²) in [7, 11) is 0. The summed E-state index contributed by atoms with van der Waals surface area (Å²) >= 11 is 0. The van der Waals surface area contributed by atoms with E-state index in [1.807, 2.05) is 4.90 Å². The predicted octanol–water partition coefficient (Wildman–Crippen LogP) is 0.827. The van der Waals surface area contributed by atoms with Gasteiger partial charge >= 0.3 is 0 Å². The maximum atomic E-state index is 12.4. The quantitative estimate of drug-likeness (QED) is 0.830. The van der Waals surface area contributed by atoms with Crippen molar-refractivity contribution in [2.24, 2.45) is 5.73 Å². The lowest BCUT2D eigenvalue weighted by Crippen LogP contribution is -2.55. The van der Waals surface area contributed by atoms with Crippen molar-refractivity contribution in [3.8, 4) is 0 Å². The summed E-state index contributed by atoms with van der Waals surface area (Å²) in [6, 6.07) is 0.146. The molecule has 2 saturated heterocycles. The molecule has 0 aromatic carbocycles. The lowest BCUT2D eigenvalue weighted by atomic mass is 10.0. The predicted molar refractivity (Wildman–Crippen MR) is 79.5 cm³/mol. The lowest BCUT2D eigenvalue weighted by molar-refractivity contribution is -0.136. The van der Waals surface area contributed by atoms with Gasteiger partial charge in [0.1, 0.15) is 0 Å². The Morgan fingerprint density at radius 3 is 2.55 bits per heavy atom. The number of morpholine rings is 1. The van der Waals surface area contributed by atoms with Crippen LogP contribution in [0, 0.1) is 0 Å². The van der Waals surface area contributed by atoms with Crippen LogP contribution in [0.4, 0.5) is 0 Å². The molecule has 1 atom stereocenters. The second-order valence-electron chi connectivity index (χ2n) is 6.61. The van der Waals surface area contributed by atoms with Crippen LogP contribution < -0.4 is 5.73 Å². The number of hydrogen-bond donors (Lipinski definition) is 1. The van der Waals surface area contributed by atoms with Crippen molar-refractivity contribution in [3.63, 3.8) is 0 Å². The van der Waals surface area contributed by atoms with E-state index in [9.17, 15) is 4.79 Å². The van der Waals surface area contributed by atoms with Crippen LogP contribution in [0.1, 0.15) is 39.5 Å². The van der Waals surface area contributed by atoms with Gasteiger partial charge in [0, 0.05) is 45.2 Å². The molecule has 2 aliphatic heterocycles. The van der Waals surface area contributed by atoms with Gasteiger partial charge in [-0.05, 0) is 33.1 Å². The zero-order valence-electron chi connectivity index (χ0n) is 12.9. The molecule has 2 N–H and O–H groups in total. The van der Waals surface area contributed by atoms with Crippen LogP contribution in [0.3, 0.4) is 0 Å². The molecule has 0 saturated carbocycles. The van der Waals surface area contributed by atoms with Crippen LogP contribution >= 0.6 is 0 Å². The molecule has 2 fully saturated rings. The van der Waals surface area contributed by atoms with Gasteiger partial charge in [-0.15, -0.1) is 0 Å². The first-order chi connectivity index (χ1) is 9.52. The Kier molecular flexibility index (Phi) is 5.41. The van der Waals surface area contributed by atoms with E-state index in [0.29, 0.717) is 13.0 Å². The largest absolute Gasteiger partial charge is 0.373 e. The first-order valence-electron chi connectivity index (χ1n) is 7.88. The summed E-state index contributed by atoms with van der Waals surface area (Å²) in [6.07, 6.45) is 4.08. The Labute approximate surface area is 122 Å². The summed E-state index contributed by atoms with van der Waals surface area (Å²) in [5.74, 6) is 0.268. The summed E-state index contributed by atoms with van der Waals surface area (Å²) in [6.45, 7) is 9.02. The molecule has 0 aliphatic carbocycles. The van der Waals surface area contributed by atoms with E-state index < -0.39 is 0 Å². The van der Waals surface area contributed by atoms with E-state index in [0.717, 1.165) is 45.6 Å². The second kappa shape index (κ2) is 6.87. The van der Waals surface area contributed by atoms with Gasteiger partial charge in [0.2, 0.25) is 5.91 Å². The number of carbonyl (C=O) groups is 1. The van der Waals surface area contributed by atoms with Gasteiger partial charge in [-0.1, -0.05) is 0 Å². The van der Waals surface area contributed by atoms with E-state index >= 15 is 0 Å². The molecule has 2 aliphatic rings. The van der Waals surface area contributed by atoms with Crippen molar-refractivity contribution in [2.45, 2.75) is 51.2 Å². The lowest BCUT2D eigenvalue weighted by Gasteiger charge is -2.42. The maximum Gasteiger partial charge on any atom is 0.224 e. The zero-order valence-corrected chi connectivity index (χ0v) is 12.9. The number of nitrogens with two attached hydrogens (primary N) is 1. The molecule has 1 amide bonds. The number of hydrogen-bond acceptors (Lipinski definition) is 4. The molecule has 2 rings (SSSR count). The van der Waals surface area contributed by atoms with Crippen LogP contribution in [-0.4, -0.2) is 66.7 Å². The molecule has 20 heavy (non-hydrogen) atoms. The number of carbonyl (C=O) groups excluding carboxylic acids is 1. The number of rotatable bonds is 4. The number of likely N-dealkylation sites (tertiary alicyclic amines) is 1. The molecule has 116 valence electrons. The van der Waals surface area contributed by atoms with Crippen molar-refractivity contribution in [3.05, 3.63) is 0 Å². The molecule has 2 heterocycles. The topological polar surface area (TPSA) is 58.8 Å². The Balaban J connectivity index is 1.89. The van der Waals surface area contributed by atoms with E-state index in [-0.39, 0.29) is 17.6 Å². The van der Waals surface area contributed by atoms with Crippen molar-refractivity contribution < 1.29 is 9.53 Å². The smallest absolute Gasteiger partial charge is 0.224 e. The third-order valence-electron chi connectivity index (χ3n) is 4.36. The minimum absolute atomic E-state index is 0.139. The maximum absolute atomic E-state index is 12.4. The van der Waals surface area contributed by atoms with Crippen molar-refractivity contribution in [1.29, 1.82) is 0 Å². The third kappa shape index (κ3) is 4.17. The van der Waals surface area contributed by atoms with Gasteiger partial charge in [-0.25, -0.2) is 0 Å². The zero-order chi connectivity index (χ0) is 14.6. The van der Waals surface area contributed by atoms with E-state index in [4.69, 9.17) is 10.5 Å². The first-order valence-corrected chi connectivity index (χ1v) is 7.88. The Hall–Kier alpha value is -0.650. The fraction of sp³-hybridized carbons (Fsp3) is 0.933. The second-order valence-corrected chi connectivity index (χ2v) is 6.61. The molecule has 0 aromatic heterocycles. The fourth-order valence-electron chi connectivity index (χ4n) is 3.20. The molecule has 0 radical (unpaired) electrons. The molecular formula is C15H29N3O2. The van der Waals surface area contributed by atoms with Crippen LogP contribution in [-0.2, 0) is 9.53 Å². The summed E-state index contributed by atoms with van der Waals surface area (Å²) in [4.78, 5) is 16.7. The highest BCUT2D eigenvalue weighted by atomic mass is 16.5. The Bertz CT molecular complexity index is 327. The molecule has 1 unspecified atom stereocenters. The monoisotopic (exact) mass is 283 g/mol. The number of ether oxygens (including phenoxy) is 1. The van der Waals surface area contributed by atoms with Gasteiger partial charge in [0.15, 0.2) is 0 Å². The summed E-state index contributed by atoms with van der Waals surface area (Å²) in [5, 5.41) is 0. The molecule has 5 heteroatoms. The van der Waals surface area contributed by atoms with Crippen LogP contribution in [0.25, 0.3) is 0 Å². The van der Waals surface area contributed by atoms with Crippen molar-refractivity contribution in [1.82, 2.24) is 9.80 Å². The Morgan fingerprint density at radius 1 is 1.25 bits per heavy atom. The number of nitrogens with zero attached hydrogens (tertiary/aromatic N) is 2. The highest BCUT2D eigenvalue weighted by Crippen LogP contribution is 2.20. The van der Waals surface area contributed by atoms with E-state index in [1.165, 1.54) is 6.42 Å². The molecule has 0 spiro atoms. The first kappa shape index (κ1) is 15.7. The average molecular weight is 283 g/mol. The van der Waals surface area contributed by atoms with Crippen molar-refractivity contribution >= 4 is 5.91 Å². The normalized spacial score (nSPS) is 25.4. The highest BCUT2D eigenvalue weighted by Gasteiger charge is 2.32. The van der Waals surface area contributed by atoms with Gasteiger partial charge in [0.25, 0.3) is 0 Å². The summed E-state index contributed by atoms with van der Waals surface area (Å²) in [5.41, 5.74) is 5.78. The van der Waals surface area contributed by atoms with Crippen LogP contribution in [0.2, 0.25) is 0 Å². The van der Waals surface area contributed by atoms with Crippen LogP contribution in [0.5, 0.6) is 0 Å². The minimum atomic E-state index is -0.139. The Morgan fingerprint density at radius 2 is 1.95 bits per heavy atom. The fourth-order valence-corrected chi connectivity index (χ4v) is 3.20. The molecule has 0 aromatic rings. The average Bonchev–Trinajstić information content (AvgIpc) is 2.44. The molecule has 5 nitrogen and oxygen atoms in total. The SMILES string of the molecule is CC1(C)CN(C(CN)CC(=O)N2CCCCC2)CCO1. The standard InChI is InChI=1S/C15H29N3O2/c1-15(2)12-18(8-9-20-15)13(11-16)10-14(19)17-6-4-3-5-7-17/h13H,3-12,16H2,1-2H3. The van der Waals surface area contributed by atoms with Crippen molar-refractivity contribution in [2.75, 3.05) is 39.3 Å². The molecule has 0 bridgehead atoms. The van der Waals surface area contributed by atoms with E-state index in [1.54, 1.807) is 0 Å². The third-order valence-corrected chi connectivity index (χ3v) is 4.36. The number of piperidine rings is 1. The number of amides is 1. The van der Waals surface area contributed by atoms with Gasteiger partial charge in [-0.3, -0.25) is 9.69 Å². The molecular weight excluding hydrogens is 254 g/mol. The van der Waals surface area contributed by atoms with E-state index in [2.05, 4.69) is 18.7 Å². The summed E-state index contributed by atoms with van der Waals surface area (Å²) < 4.78 is 5.73. The van der Waals surface area contributed by atoms with Gasteiger partial charge < -0.3 is 15.4 Å². The minimum Gasteiger partial charge on any atom is -0.373 e. The van der Waals surface area contributed by atoms with Gasteiger partial charge in [-0.2, -0.15) is 0 Å². The van der Waals surface area contributed by atoms with Crippen LogP contribution in [0.15, 0.2) is 0 Å². The van der Waals surface area contributed by atoms with Gasteiger partial charge in [0.05, 0.1) is 12.2 Å². The highest BCUT2D eigenvalue weighted by molar-refractivity contribution is 5.77.